The second-order valence-electron chi connectivity index (χ2n) is 5.81. The zero-order valence-corrected chi connectivity index (χ0v) is 14.4. The van der Waals surface area contributed by atoms with Gasteiger partial charge in [0.05, 0.1) is 6.07 Å². The molecule has 0 atom stereocenters. The van der Waals surface area contributed by atoms with Crippen molar-refractivity contribution in [2.75, 3.05) is 5.73 Å². The van der Waals surface area contributed by atoms with Crippen molar-refractivity contribution in [2.24, 2.45) is 0 Å². The molecule has 1 aliphatic rings. The summed E-state index contributed by atoms with van der Waals surface area (Å²) in [7, 11) is 0. The number of fused-ring (bicyclic) bond motifs is 1. The lowest BCUT2D eigenvalue weighted by atomic mass is 9.87. The van der Waals surface area contributed by atoms with Gasteiger partial charge >= 0.3 is 0 Å². The molecule has 3 nitrogen and oxygen atoms in total. The Morgan fingerprint density at radius 3 is 2.67 bits per heavy atom. The molecule has 2 N–H and O–H groups in total. The average molecular weight is 334 g/mol. The Labute approximate surface area is 147 Å². The van der Waals surface area contributed by atoms with Crippen LogP contribution in [0.4, 0.5) is 5.69 Å². The van der Waals surface area contributed by atoms with E-state index in [4.69, 9.17) is 15.7 Å². The van der Waals surface area contributed by atoms with Crippen LogP contribution in [-0.4, -0.2) is 0 Å². The fourth-order valence-electron chi connectivity index (χ4n) is 2.99. The van der Waals surface area contributed by atoms with Gasteiger partial charge in [0.25, 0.3) is 0 Å². The molecule has 2 aromatic rings. The normalized spacial score (nSPS) is 13.3. The van der Waals surface area contributed by atoms with E-state index in [0.717, 1.165) is 38.5 Å². The van der Waals surface area contributed by atoms with E-state index in [2.05, 4.69) is 25.3 Å². The number of benzene rings is 2. The molecule has 0 bridgehead atoms. The van der Waals surface area contributed by atoms with Crippen molar-refractivity contribution in [3.05, 3.63) is 65.4 Å². The number of hydrogen-bond acceptors (Lipinski definition) is 4. The van der Waals surface area contributed by atoms with Crippen LogP contribution in [0.2, 0.25) is 0 Å². The minimum absolute atomic E-state index is 0.417. The molecule has 0 saturated heterocycles. The fraction of sp³-hybridized carbons (Fsp3) is 0.150. The third-order valence-corrected chi connectivity index (χ3v) is 4.35. The molecule has 2 aromatic carbocycles. The van der Waals surface area contributed by atoms with E-state index in [1.807, 2.05) is 43.3 Å². The lowest BCUT2D eigenvalue weighted by Gasteiger charge is -2.26. The summed E-state index contributed by atoms with van der Waals surface area (Å²) in [5.41, 5.74) is 11.8. The van der Waals surface area contributed by atoms with Crippen LogP contribution in [-0.2, 0) is 0 Å². The van der Waals surface area contributed by atoms with E-state index in [0.29, 0.717) is 24.3 Å². The first-order chi connectivity index (χ1) is 11.5. The van der Waals surface area contributed by atoms with Crippen molar-refractivity contribution in [2.45, 2.75) is 24.7 Å². The first-order valence-electron chi connectivity index (χ1n) is 7.68. The number of ether oxygens (including phenoxy) is 1. The van der Waals surface area contributed by atoms with Crippen LogP contribution in [0.1, 0.15) is 29.5 Å². The lowest BCUT2D eigenvalue weighted by molar-refractivity contribution is 0.444. The van der Waals surface area contributed by atoms with Gasteiger partial charge in [0.15, 0.2) is 0 Å². The lowest BCUT2D eigenvalue weighted by Crippen LogP contribution is -2.10. The second-order valence-corrected chi connectivity index (χ2v) is 6.32. The summed E-state index contributed by atoms with van der Waals surface area (Å²) in [6, 6.07) is 13.9. The van der Waals surface area contributed by atoms with Gasteiger partial charge in [-0.15, -0.1) is 12.6 Å². The maximum absolute atomic E-state index is 9.04. The molecule has 0 unspecified atom stereocenters. The van der Waals surface area contributed by atoms with Gasteiger partial charge < -0.3 is 10.5 Å². The Balaban J connectivity index is 2.26. The number of nitriles is 1. The topological polar surface area (TPSA) is 59.0 Å². The number of aryl methyl sites for hydroxylation is 1. The number of anilines is 1. The van der Waals surface area contributed by atoms with Crippen LogP contribution in [0.15, 0.2) is 53.6 Å². The molecule has 1 heterocycles. The van der Waals surface area contributed by atoms with Crippen LogP contribution >= 0.6 is 12.6 Å². The Bertz CT molecular complexity index is 906. The zero-order valence-electron chi connectivity index (χ0n) is 13.5. The van der Waals surface area contributed by atoms with Gasteiger partial charge in [-0.1, -0.05) is 18.7 Å². The molecule has 0 saturated carbocycles. The van der Waals surface area contributed by atoms with Crippen molar-refractivity contribution in [3.8, 4) is 11.8 Å². The van der Waals surface area contributed by atoms with Gasteiger partial charge in [-0.05, 0) is 48.7 Å². The van der Waals surface area contributed by atoms with Gasteiger partial charge in [-0.25, -0.2) is 0 Å². The van der Waals surface area contributed by atoms with Crippen molar-refractivity contribution in [1.82, 2.24) is 0 Å². The highest BCUT2D eigenvalue weighted by atomic mass is 32.1. The quantitative estimate of drug-likeness (QED) is 0.614. The largest absolute Gasteiger partial charge is 0.457 e. The Kier molecular flexibility index (Phi) is 4.37. The number of nitrogen functional groups attached to an aromatic ring is 1. The van der Waals surface area contributed by atoms with Crippen LogP contribution in [0.3, 0.4) is 0 Å². The van der Waals surface area contributed by atoms with Gasteiger partial charge in [0, 0.05) is 33.7 Å². The van der Waals surface area contributed by atoms with Gasteiger partial charge in [-0.2, -0.15) is 5.26 Å². The van der Waals surface area contributed by atoms with Crippen molar-refractivity contribution >= 4 is 29.5 Å². The average Bonchev–Trinajstić information content (AvgIpc) is 2.53. The molecule has 0 spiro atoms. The molecule has 0 aromatic heterocycles. The highest BCUT2D eigenvalue weighted by Crippen LogP contribution is 2.45. The predicted octanol–water partition coefficient (Wildman–Crippen LogP) is 4.99. The van der Waals surface area contributed by atoms with E-state index in [1.54, 1.807) is 0 Å². The van der Waals surface area contributed by atoms with E-state index in [1.165, 1.54) is 0 Å². The highest BCUT2D eigenvalue weighted by molar-refractivity contribution is 7.80. The zero-order chi connectivity index (χ0) is 17.3. The van der Waals surface area contributed by atoms with Gasteiger partial charge in [-0.3, -0.25) is 0 Å². The summed E-state index contributed by atoms with van der Waals surface area (Å²) in [5.74, 6) is 1.26. The maximum Gasteiger partial charge on any atom is 0.136 e. The number of thiol groups is 1. The van der Waals surface area contributed by atoms with Crippen LogP contribution in [0.25, 0.3) is 11.1 Å². The van der Waals surface area contributed by atoms with Gasteiger partial charge in [0.1, 0.15) is 11.5 Å². The molecular formula is C20H18N2OS. The monoisotopic (exact) mass is 334 g/mol. The number of hydrogen-bond donors (Lipinski definition) is 2. The molecule has 4 heteroatoms. The number of nitrogens with two attached hydrogens (primary N) is 1. The summed E-state index contributed by atoms with van der Waals surface area (Å²) < 4.78 is 5.94. The van der Waals surface area contributed by atoms with Crippen molar-refractivity contribution in [3.63, 3.8) is 0 Å². The number of allylic oxidation sites excluding steroid dienone is 2. The van der Waals surface area contributed by atoms with E-state index in [-0.39, 0.29) is 0 Å². The van der Waals surface area contributed by atoms with E-state index >= 15 is 0 Å². The minimum atomic E-state index is 0.417. The summed E-state index contributed by atoms with van der Waals surface area (Å²) in [6.07, 6.45) is 1.03. The van der Waals surface area contributed by atoms with Crippen molar-refractivity contribution < 1.29 is 4.74 Å². The van der Waals surface area contributed by atoms with Crippen LogP contribution in [0.5, 0.6) is 5.75 Å². The molecule has 0 fully saturated rings. The first kappa shape index (κ1) is 16.2. The van der Waals surface area contributed by atoms with E-state index in [9.17, 15) is 0 Å². The second kappa shape index (κ2) is 6.46. The summed E-state index contributed by atoms with van der Waals surface area (Å²) in [4.78, 5) is 0.819. The third-order valence-electron chi connectivity index (χ3n) is 4.07. The number of rotatable bonds is 3. The molecule has 120 valence electrons. The Hall–Kier alpha value is -2.64. The predicted molar refractivity (Wildman–Crippen MR) is 101 cm³/mol. The fourth-order valence-corrected chi connectivity index (χ4v) is 3.19. The number of nitrogens with zero attached hydrogens (tertiary/aromatic N) is 1. The third kappa shape index (κ3) is 2.91. The van der Waals surface area contributed by atoms with Crippen LogP contribution < -0.4 is 10.5 Å². The standard InChI is InChI=1S/C20H18N2OS/c1-12-5-7-17(18(22)10-12)20-13(2)23-19-11-14(24)6-8-15(19)16(20)4-3-9-21/h5-8,10-11,24H,2-4,22H2,1H3. The molecule has 0 amide bonds. The van der Waals surface area contributed by atoms with Gasteiger partial charge in [0.2, 0.25) is 0 Å². The molecule has 0 radical (unpaired) electrons. The molecule has 24 heavy (non-hydrogen) atoms. The summed E-state index contributed by atoms with van der Waals surface area (Å²) >= 11 is 4.37. The minimum Gasteiger partial charge on any atom is -0.457 e. The molecule has 3 rings (SSSR count). The Morgan fingerprint density at radius 2 is 1.96 bits per heavy atom. The van der Waals surface area contributed by atoms with Crippen molar-refractivity contribution in [1.29, 1.82) is 5.26 Å². The Morgan fingerprint density at radius 1 is 1.21 bits per heavy atom. The molecule has 0 aliphatic carbocycles. The highest BCUT2D eigenvalue weighted by Gasteiger charge is 2.25. The summed E-state index contributed by atoms with van der Waals surface area (Å²) in [6.45, 7) is 6.08. The maximum atomic E-state index is 9.04. The summed E-state index contributed by atoms with van der Waals surface area (Å²) in [5, 5.41) is 9.04. The van der Waals surface area contributed by atoms with Crippen LogP contribution in [0, 0.1) is 18.3 Å². The smallest absolute Gasteiger partial charge is 0.136 e. The SMILES string of the molecule is C=C1Oc2cc(S)ccc2C(CCC#N)=C1c1ccc(C)cc1N. The van der Waals surface area contributed by atoms with E-state index < -0.39 is 0 Å². The first-order valence-corrected chi connectivity index (χ1v) is 8.13. The molecular weight excluding hydrogens is 316 g/mol. The molecule has 1 aliphatic heterocycles.